The van der Waals surface area contributed by atoms with E-state index in [1.165, 1.54) is 0 Å². The fraction of sp³-hybridized carbons (Fsp3) is 1.00. The first-order valence-corrected chi connectivity index (χ1v) is 4.76. The van der Waals surface area contributed by atoms with Gasteiger partial charge in [0.1, 0.15) is 0 Å². The molecule has 4 heteroatoms. The largest absolute Gasteiger partial charge is 0.383 e. The molecule has 0 aromatic carbocycles. The molecule has 0 fully saturated rings. The molecule has 0 aliphatic rings. The van der Waals surface area contributed by atoms with Crippen molar-refractivity contribution >= 4 is 12.6 Å². The Morgan fingerprint density at radius 1 is 1.08 bits per heavy atom. The summed E-state index contributed by atoms with van der Waals surface area (Å²) < 4.78 is 9.64. The third-order valence-electron chi connectivity index (χ3n) is 0.966. The highest BCUT2D eigenvalue weighted by atomic mass is 32.1. The quantitative estimate of drug-likeness (QED) is 0.485. The van der Waals surface area contributed by atoms with Crippen molar-refractivity contribution < 1.29 is 9.47 Å². The maximum absolute atomic E-state index is 4.82. The number of ether oxygens (including phenoxy) is 2. The van der Waals surface area contributed by atoms with Crippen molar-refractivity contribution in [2.75, 3.05) is 46.3 Å². The Kier molecular flexibility index (Phi) is 21.3. The van der Waals surface area contributed by atoms with Crippen LogP contribution in [0.4, 0.5) is 0 Å². The zero-order chi connectivity index (χ0) is 9.66. The average molecular weight is 195 g/mol. The lowest BCUT2D eigenvalue weighted by Crippen LogP contribution is -2.23. The van der Waals surface area contributed by atoms with E-state index in [0.29, 0.717) is 0 Å². The topological polar surface area (TPSA) is 30.5 Å². The smallest absolute Gasteiger partial charge is 0.0587 e. The third-order valence-corrected chi connectivity index (χ3v) is 0.966. The van der Waals surface area contributed by atoms with Gasteiger partial charge in [0, 0.05) is 27.3 Å². The molecule has 0 aliphatic heterocycles. The number of rotatable bonds is 6. The van der Waals surface area contributed by atoms with Crippen LogP contribution in [0.1, 0.15) is 6.92 Å². The van der Waals surface area contributed by atoms with Gasteiger partial charge in [-0.25, -0.2) is 0 Å². The van der Waals surface area contributed by atoms with Gasteiger partial charge in [-0.2, -0.15) is 12.6 Å². The molecule has 0 unspecified atom stereocenters. The molecule has 0 aromatic heterocycles. The second-order valence-corrected chi connectivity index (χ2v) is 2.68. The number of nitrogens with one attached hydrogen (secondary N) is 1. The van der Waals surface area contributed by atoms with Gasteiger partial charge in [-0.15, -0.1) is 0 Å². The van der Waals surface area contributed by atoms with Gasteiger partial charge in [-0.1, -0.05) is 6.92 Å². The van der Waals surface area contributed by atoms with Crippen LogP contribution in [0.2, 0.25) is 0 Å². The van der Waals surface area contributed by atoms with Gasteiger partial charge in [0.15, 0.2) is 0 Å². The van der Waals surface area contributed by atoms with Crippen LogP contribution in [0.25, 0.3) is 0 Å². The second kappa shape index (κ2) is 17.4. The first-order valence-electron chi connectivity index (χ1n) is 4.12. The van der Waals surface area contributed by atoms with E-state index in [-0.39, 0.29) is 0 Å². The minimum atomic E-state index is 0.768. The summed E-state index contributed by atoms with van der Waals surface area (Å²) in [7, 11) is 3.38. The van der Waals surface area contributed by atoms with E-state index in [1.54, 1.807) is 14.2 Å². The number of hydrogen-bond donors (Lipinski definition) is 2. The van der Waals surface area contributed by atoms with Crippen molar-refractivity contribution in [3.8, 4) is 0 Å². The first kappa shape index (κ1) is 14.7. The number of methoxy groups -OCH3 is 2. The molecule has 12 heavy (non-hydrogen) atoms. The molecule has 0 amide bonds. The van der Waals surface area contributed by atoms with Crippen molar-refractivity contribution in [2.24, 2.45) is 0 Å². The summed E-state index contributed by atoms with van der Waals surface area (Å²) in [6.45, 7) is 5.33. The minimum Gasteiger partial charge on any atom is -0.383 e. The van der Waals surface area contributed by atoms with Crippen LogP contribution in [0.3, 0.4) is 0 Å². The first-order chi connectivity index (χ1) is 5.83. The monoisotopic (exact) mass is 195 g/mol. The summed E-state index contributed by atoms with van der Waals surface area (Å²) in [6.07, 6.45) is 0. The van der Waals surface area contributed by atoms with E-state index in [4.69, 9.17) is 9.47 Å². The Balaban J connectivity index is 0. The predicted molar refractivity (Wildman–Crippen MR) is 56.1 cm³/mol. The van der Waals surface area contributed by atoms with E-state index in [1.807, 2.05) is 6.92 Å². The highest BCUT2D eigenvalue weighted by Gasteiger charge is 1.83. The Bertz CT molecular complexity index is 59.0. The second-order valence-electron chi connectivity index (χ2n) is 2.05. The van der Waals surface area contributed by atoms with E-state index in [9.17, 15) is 0 Å². The molecule has 0 saturated carbocycles. The maximum atomic E-state index is 4.82. The van der Waals surface area contributed by atoms with E-state index < -0.39 is 0 Å². The van der Waals surface area contributed by atoms with Crippen LogP contribution >= 0.6 is 12.6 Å². The zero-order valence-corrected chi connectivity index (χ0v) is 9.19. The average Bonchev–Trinajstić information content (AvgIpc) is 2.06. The normalized spacial score (nSPS) is 9.00. The molecular formula is C8H21NO2S. The van der Waals surface area contributed by atoms with E-state index in [2.05, 4.69) is 17.9 Å². The minimum absolute atomic E-state index is 0.768. The van der Waals surface area contributed by atoms with Gasteiger partial charge in [0.05, 0.1) is 13.2 Å². The molecule has 1 N–H and O–H groups in total. The van der Waals surface area contributed by atoms with Gasteiger partial charge in [0.2, 0.25) is 0 Å². The lowest BCUT2D eigenvalue weighted by molar-refractivity contribution is 0.180. The van der Waals surface area contributed by atoms with E-state index >= 15 is 0 Å². The van der Waals surface area contributed by atoms with Gasteiger partial charge in [-0.05, 0) is 5.75 Å². The van der Waals surface area contributed by atoms with Crippen LogP contribution in [-0.2, 0) is 9.47 Å². The molecule has 0 aromatic rings. The van der Waals surface area contributed by atoms with Crippen LogP contribution < -0.4 is 5.32 Å². The zero-order valence-electron chi connectivity index (χ0n) is 8.30. The van der Waals surface area contributed by atoms with E-state index in [0.717, 1.165) is 32.1 Å². The Morgan fingerprint density at radius 3 is 1.67 bits per heavy atom. The maximum Gasteiger partial charge on any atom is 0.0587 e. The molecule has 0 radical (unpaired) electrons. The number of hydrogen-bond acceptors (Lipinski definition) is 4. The molecule has 0 spiro atoms. The fourth-order valence-electron chi connectivity index (χ4n) is 0.473. The Labute approximate surface area is 81.2 Å². The molecule has 3 nitrogen and oxygen atoms in total. The molecular weight excluding hydrogens is 174 g/mol. The fourth-order valence-corrected chi connectivity index (χ4v) is 0.473. The molecule has 76 valence electrons. The van der Waals surface area contributed by atoms with Crippen molar-refractivity contribution in [2.45, 2.75) is 6.92 Å². The van der Waals surface area contributed by atoms with Crippen LogP contribution in [-0.4, -0.2) is 46.3 Å². The summed E-state index contributed by atoms with van der Waals surface area (Å²) in [5.41, 5.74) is 0. The standard InChI is InChI=1S/C6H15NO2.C2H6S/c1-8-5-3-7-4-6-9-2;1-2-3/h7H,3-6H2,1-2H3;3H,2H2,1H3. The molecule has 0 atom stereocenters. The highest BCUT2D eigenvalue weighted by Crippen LogP contribution is 1.65. The van der Waals surface area contributed by atoms with Crippen molar-refractivity contribution in [3.05, 3.63) is 0 Å². The van der Waals surface area contributed by atoms with Crippen LogP contribution in [0, 0.1) is 0 Å². The van der Waals surface area contributed by atoms with Gasteiger partial charge < -0.3 is 14.8 Å². The summed E-state index contributed by atoms with van der Waals surface area (Å²) >= 11 is 3.79. The summed E-state index contributed by atoms with van der Waals surface area (Å²) in [6, 6.07) is 0. The molecule has 0 rings (SSSR count). The summed E-state index contributed by atoms with van der Waals surface area (Å²) in [5.74, 6) is 0.944. The van der Waals surface area contributed by atoms with Gasteiger partial charge >= 0.3 is 0 Å². The molecule has 0 bridgehead atoms. The van der Waals surface area contributed by atoms with Crippen LogP contribution in [0.15, 0.2) is 0 Å². The molecule has 0 saturated heterocycles. The number of thiol groups is 1. The lowest BCUT2D eigenvalue weighted by atomic mass is 10.6. The third kappa shape index (κ3) is 22.5. The highest BCUT2D eigenvalue weighted by molar-refractivity contribution is 7.80. The van der Waals surface area contributed by atoms with Gasteiger partial charge in [-0.3, -0.25) is 0 Å². The SMILES string of the molecule is CCS.COCCNCCOC. The van der Waals surface area contributed by atoms with Crippen molar-refractivity contribution in [3.63, 3.8) is 0 Å². The van der Waals surface area contributed by atoms with Crippen LogP contribution in [0.5, 0.6) is 0 Å². The van der Waals surface area contributed by atoms with Crippen molar-refractivity contribution in [1.82, 2.24) is 5.32 Å². The Hall–Kier alpha value is 0.230. The summed E-state index contributed by atoms with van der Waals surface area (Å²) in [4.78, 5) is 0. The lowest BCUT2D eigenvalue weighted by Gasteiger charge is -2.01. The Morgan fingerprint density at radius 2 is 1.42 bits per heavy atom. The molecule has 0 aliphatic carbocycles. The van der Waals surface area contributed by atoms with Crippen molar-refractivity contribution in [1.29, 1.82) is 0 Å². The molecule has 0 heterocycles. The predicted octanol–water partition coefficient (Wildman–Crippen LogP) is 0.805. The summed E-state index contributed by atoms with van der Waals surface area (Å²) in [5, 5.41) is 3.14. The van der Waals surface area contributed by atoms with Gasteiger partial charge in [0.25, 0.3) is 0 Å².